The van der Waals surface area contributed by atoms with Crippen LogP contribution in [0.2, 0.25) is 5.02 Å². The van der Waals surface area contributed by atoms with Gasteiger partial charge in [-0.3, -0.25) is 9.69 Å². The number of para-hydroxylation sites is 1. The summed E-state index contributed by atoms with van der Waals surface area (Å²) in [5.41, 5.74) is 2.64. The Kier molecular flexibility index (Phi) is 4.75. The normalized spacial score (nSPS) is 17.1. The van der Waals surface area contributed by atoms with Crippen LogP contribution in [0.3, 0.4) is 0 Å². The fraction of sp³-hybridized carbons (Fsp3) is 0.208. The van der Waals surface area contributed by atoms with Crippen LogP contribution >= 0.6 is 11.6 Å². The molecule has 4 nitrogen and oxygen atoms in total. The van der Waals surface area contributed by atoms with Crippen LogP contribution < -0.4 is 9.64 Å². The number of amides is 1. The minimum atomic E-state index is -0.428. The number of nitrogens with zero attached hydrogens (tertiary/aromatic N) is 1. The van der Waals surface area contributed by atoms with Crippen molar-refractivity contribution >= 4 is 23.2 Å². The number of phenols is 1. The summed E-state index contributed by atoms with van der Waals surface area (Å²) in [7, 11) is 1.58. The molecule has 1 aliphatic heterocycles. The van der Waals surface area contributed by atoms with Crippen LogP contribution in [0.1, 0.15) is 41.4 Å². The van der Waals surface area contributed by atoms with Gasteiger partial charge in [-0.05, 0) is 54.1 Å². The van der Waals surface area contributed by atoms with Gasteiger partial charge in [0, 0.05) is 27.3 Å². The molecule has 1 atom stereocenters. The minimum absolute atomic E-state index is 0.130. The molecule has 3 aromatic rings. The molecule has 0 bridgehead atoms. The molecule has 5 heteroatoms. The van der Waals surface area contributed by atoms with Gasteiger partial charge in [-0.15, -0.1) is 0 Å². The molecule has 1 heterocycles. The van der Waals surface area contributed by atoms with E-state index >= 15 is 0 Å². The maximum Gasteiger partial charge on any atom is 0.258 e. The molecule has 0 aromatic heterocycles. The first-order valence-corrected chi connectivity index (χ1v) is 9.78. The van der Waals surface area contributed by atoms with Crippen LogP contribution in [0.4, 0.5) is 5.69 Å². The van der Waals surface area contributed by atoms with Crippen molar-refractivity contribution in [2.75, 3.05) is 12.0 Å². The monoisotopic (exact) mass is 407 g/mol. The molecule has 3 aromatic carbocycles. The summed E-state index contributed by atoms with van der Waals surface area (Å²) in [5, 5.41) is 11.3. The van der Waals surface area contributed by atoms with Gasteiger partial charge >= 0.3 is 0 Å². The summed E-state index contributed by atoms with van der Waals surface area (Å²) in [6.45, 7) is 4.18. The van der Waals surface area contributed by atoms with Crippen molar-refractivity contribution < 1.29 is 14.6 Å². The van der Waals surface area contributed by atoms with Crippen molar-refractivity contribution in [1.29, 1.82) is 0 Å². The molecular weight excluding hydrogens is 386 g/mol. The number of rotatable bonds is 3. The number of aromatic hydroxyl groups is 1. The van der Waals surface area contributed by atoms with E-state index in [4.69, 9.17) is 16.3 Å². The third-order valence-corrected chi connectivity index (χ3v) is 5.89. The first-order chi connectivity index (χ1) is 13.8. The van der Waals surface area contributed by atoms with E-state index in [-0.39, 0.29) is 11.7 Å². The lowest BCUT2D eigenvalue weighted by Crippen LogP contribution is -2.38. The van der Waals surface area contributed by atoms with Crippen LogP contribution in [-0.4, -0.2) is 18.1 Å². The van der Waals surface area contributed by atoms with E-state index in [9.17, 15) is 9.90 Å². The van der Waals surface area contributed by atoms with Gasteiger partial charge < -0.3 is 9.84 Å². The molecule has 0 saturated heterocycles. The Hall–Kier alpha value is -2.98. The maximum absolute atomic E-state index is 13.6. The number of carbonyl (C=O) groups is 1. The first-order valence-electron chi connectivity index (χ1n) is 9.40. The van der Waals surface area contributed by atoms with Gasteiger partial charge in [0.15, 0.2) is 0 Å². The standard InChI is InChI=1S/C24H22ClNO3/c1-24(2)19-6-4-5-7-20(19)26(23(28)15-8-10-16(25)11-9-15)22(24)18-14-17(29-3)12-13-21(18)27/h4-14,22,27H,1-3H3. The van der Waals surface area contributed by atoms with Gasteiger partial charge in [-0.2, -0.15) is 0 Å². The zero-order valence-electron chi connectivity index (χ0n) is 16.5. The van der Waals surface area contributed by atoms with E-state index in [0.29, 0.717) is 21.9 Å². The predicted octanol–water partition coefficient (Wildman–Crippen LogP) is 5.73. The topological polar surface area (TPSA) is 49.8 Å². The number of phenolic OH excluding ortho intramolecular Hbond substituents is 1. The lowest BCUT2D eigenvalue weighted by molar-refractivity contribution is 0.0971. The van der Waals surface area contributed by atoms with E-state index < -0.39 is 11.5 Å². The molecule has 148 valence electrons. The zero-order chi connectivity index (χ0) is 20.8. The van der Waals surface area contributed by atoms with Crippen LogP contribution in [0.25, 0.3) is 0 Å². The van der Waals surface area contributed by atoms with Crippen molar-refractivity contribution in [2.24, 2.45) is 0 Å². The van der Waals surface area contributed by atoms with Gasteiger partial charge in [-0.1, -0.05) is 43.6 Å². The molecule has 0 radical (unpaired) electrons. The Morgan fingerprint density at radius 2 is 1.76 bits per heavy atom. The quantitative estimate of drug-likeness (QED) is 0.602. The molecule has 0 spiro atoms. The highest BCUT2D eigenvalue weighted by molar-refractivity contribution is 6.30. The number of ether oxygens (including phenoxy) is 1. The van der Waals surface area contributed by atoms with Gasteiger partial charge in [0.1, 0.15) is 11.5 Å². The van der Waals surface area contributed by atoms with E-state index in [2.05, 4.69) is 13.8 Å². The molecule has 1 unspecified atom stereocenters. The van der Waals surface area contributed by atoms with Gasteiger partial charge in [-0.25, -0.2) is 0 Å². The number of halogens is 1. The Bertz CT molecular complexity index is 1080. The van der Waals surface area contributed by atoms with Crippen molar-refractivity contribution in [3.63, 3.8) is 0 Å². The molecule has 1 N–H and O–H groups in total. The number of hydrogen-bond acceptors (Lipinski definition) is 3. The molecule has 0 aliphatic carbocycles. The first kappa shape index (κ1) is 19.3. The molecule has 1 aliphatic rings. The van der Waals surface area contributed by atoms with Crippen molar-refractivity contribution in [1.82, 2.24) is 0 Å². The lowest BCUT2D eigenvalue weighted by atomic mass is 9.77. The van der Waals surface area contributed by atoms with E-state index in [1.165, 1.54) is 0 Å². The molecule has 0 fully saturated rings. The third kappa shape index (κ3) is 3.14. The Morgan fingerprint density at radius 3 is 2.45 bits per heavy atom. The minimum Gasteiger partial charge on any atom is -0.508 e. The fourth-order valence-electron chi connectivity index (χ4n) is 4.20. The number of hydrogen-bond donors (Lipinski definition) is 1. The van der Waals surface area contributed by atoms with E-state index in [1.807, 2.05) is 24.3 Å². The number of benzene rings is 3. The predicted molar refractivity (Wildman–Crippen MR) is 115 cm³/mol. The van der Waals surface area contributed by atoms with Crippen LogP contribution in [0, 0.1) is 0 Å². The smallest absolute Gasteiger partial charge is 0.258 e. The Balaban J connectivity index is 1.92. The average Bonchev–Trinajstić information content (AvgIpc) is 2.96. The van der Waals surface area contributed by atoms with Gasteiger partial charge in [0.2, 0.25) is 0 Å². The second-order valence-corrected chi connectivity index (χ2v) is 8.18. The third-order valence-electron chi connectivity index (χ3n) is 5.64. The largest absolute Gasteiger partial charge is 0.508 e. The van der Waals surface area contributed by atoms with Crippen molar-refractivity contribution in [3.8, 4) is 11.5 Å². The summed E-state index contributed by atoms with van der Waals surface area (Å²) >= 11 is 6.01. The number of fused-ring (bicyclic) bond motifs is 1. The second-order valence-electron chi connectivity index (χ2n) is 7.75. The maximum atomic E-state index is 13.6. The highest BCUT2D eigenvalue weighted by atomic mass is 35.5. The summed E-state index contributed by atoms with van der Waals surface area (Å²) < 4.78 is 5.38. The summed E-state index contributed by atoms with van der Waals surface area (Å²) in [4.78, 5) is 15.4. The summed E-state index contributed by atoms with van der Waals surface area (Å²) in [6, 6.07) is 19.5. The lowest BCUT2D eigenvalue weighted by Gasteiger charge is -2.34. The fourth-order valence-corrected chi connectivity index (χ4v) is 4.33. The van der Waals surface area contributed by atoms with E-state index in [1.54, 1.807) is 54.5 Å². The Labute approximate surface area is 175 Å². The molecular formula is C24H22ClNO3. The average molecular weight is 408 g/mol. The Morgan fingerprint density at radius 1 is 1.07 bits per heavy atom. The highest BCUT2D eigenvalue weighted by Crippen LogP contribution is 2.54. The van der Waals surface area contributed by atoms with Crippen molar-refractivity contribution in [3.05, 3.63) is 88.4 Å². The summed E-state index contributed by atoms with van der Waals surface area (Å²) in [6.07, 6.45) is 0. The van der Waals surface area contributed by atoms with Crippen LogP contribution in [-0.2, 0) is 5.41 Å². The second kappa shape index (κ2) is 7.12. The van der Waals surface area contributed by atoms with Gasteiger partial charge in [0.25, 0.3) is 5.91 Å². The number of methoxy groups -OCH3 is 1. The van der Waals surface area contributed by atoms with Gasteiger partial charge in [0.05, 0.1) is 13.2 Å². The highest BCUT2D eigenvalue weighted by Gasteiger charge is 2.48. The summed E-state index contributed by atoms with van der Waals surface area (Å²) in [5.74, 6) is 0.612. The molecule has 1 amide bonds. The SMILES string of the molecule is COc1ccc(O)c(C2N(C(=O)c3ccc(Cl)cc3)c3ccccc3C2(C)C)c1. The molecule has 0 saturated carbocycles. The van der Waals surface area contributed by atoms with Crippen LogP contribution in [0.15, 0.2) is 66.7 Å². The van der Waals surface area contributed by atoms with Crippen molar-refractivity contribution in [2.45, 2.75) is 25.3 Å². The molecule has 29 heavy (non-hydrogen) atoms. The number of carbonyl (C=O) groups excluding carboxylic acids is 1. The van der Waals surface area contributed by atoms with E-state index in [0.717, 1.165) is 11.3 Å². The van der Waals surface area contributed by atoms with Crippen LogP contribution in [0.5, 0.6) is 11.5 Å². The number of anilines is 1. The zero-order valence-corrected chi connectivity index (χ0v) is 17.3. The molecule has 4 rings (SSSR count).